The van der Waals surface area contributed by atoms with Crippen molar-refractivity contribution in [2.45, 2.75) is 37.7 Å². The number of rotatable bonds is 5. The van der Waals surface area contributed by atoms with Gasteiger partial charge in [-0.25, -0.2) is 15.0 Å². The number of anilines is 1. The van der Waals surface area contributed by atoms with Crippen LogP contribution in [0.2, 0.25) is 0 Å². The van der Waals surface area contributed by atoms with E-state index in [0.717, 1.165) is 33.4 Å². The molecule has 3 aromatic rings. The third-order valence-electron chi connectivity index (χ3n) is 3.75. The van der Waals surface area contributed by atoms with E-state index in [1.54, 1.807) is 18.0 Å². The van der Waals surface area contributed by atoms with Crippen LogP contribution in [0.3, 0.4) is 0 Å². The molecule has 0 saturated heterocycles. The van der Waals surface area contributed by atoms with Crippen molar-refractivity contribution in [1.82, 2.24) is 24.8 Å². The van der Waals surface area contributed by atoms with Gasteiger partial charge in [0.05, 0.1) is 16.8 Å². The van der Waals surface area contributed by atoms with E-state index in [2.05, 4.69) is 45.1 Å². The maximum atomic E-state index is 5.31. The average molecular weight is 387 g/mol. The fraction of sp³-hybridized carbons (Fsp3) is 0.333. The summed E-state index contributed by atoms with van der Waals surface area (Å²) >= 11 is 6.89. The van der Waals surface area contributed by atoms with Crippen LogP contribution >= 0.6 is 24.0 Å². The number of aromatic nitrogens is 4. The SMILES string of the molecule is Cc1ccnc(SCc2nc3cc(NC(=S)NC(C)C)ccc3n2C)n1. The Labute approximate surface area is 162 Å². The second kappa shape index (κ2) is 8.01. The van der Waals surface area contributed by atoms with Crippen molar-refractivity contribution in [3.8, 4) is 0 Å². The van der Waals surface area contributed by atoms with Crippen LogP contribution in [0.5, 0.6) is 0 Å². The summed E-state index contributed by atoms with van der Waals surface area (Å²) in [5, 5.41) is 7.76. The Balaban J connectivity index is 1.75. The Bertz CT molecular complexity index is 935. The minimum Gasteiger partial charge on any atom is -0.360 e. The lowest BCUT2D eigenvalue weighted by Crippen LogP contribution is -2.33. The lowest BCUT2D eigenvalue weighted by molar-refractivity contribution is 0.739. The molecule has 0 bridgehead atoms. The van der Waals surface area contributed by atoms with Gasteiger partial charge in [-0.05, 0) is 57.3 Å². The van der Waals surface area contributed by atoms with Gasteiger partial charge in [-0.2, -0.15) is 0 Å². The van der Waals surface area contributed by atoms with E-state index in [0.29, 0.717) is 16.9 Å². The average Bonchev–Trinajstić information content (AvgIpc) is 2.88. The Hall–Kier alpha value is -2.19. The molecule has 6 nitrogen and oxygen atoms in total. The summed E-state index contributed by atoms with van der Waals surface area (Å²) in [6.07, 6.45) is 1.78. The lowest BCUT2D eigenvalue weighted by atomic mass is 10.3. The van der Waals surface area contributed by atoms with E-state index >= 15 is 0 Å². The first kappa shape index (κ1) is 18.6. The zero-order valence-corrected chi connectivity index (χ0v) is 16.9. The van der Waals surface area contributed by atoms with Gasteiger partial charge < -0.3 is 15.2 Å². The highest BCUT2D eigenvalue weighted by Crippen LogP contribution is 2.24. The Morgan fingerprint density at radius 1 is 1.27 bits per heavy atom. The number of hydrogen-bond donors (Lipinski definition) is 2. The predicted molar refractivity (Wildman–Crippen MR) is 112 cm³/mol. The Morgan fingerprint density at radius 3 is 2.81 bits per heavy atom. The highest BCUT2D eigenvalue weighted by Gasteiger charge is 2.10. The zero-order valence-electron chi connectivity index (χ0n) is 15.3. The molecule has 0 atom stereocenters. The largest absolute Gasteiger partial charge is 0.360 e. The highest BCUT2D eigenvalue weighted by molar-refractivity contribution is 7.98. The van der Waals surface area contributed by atoms with Crippen LogP contribution in [0.25, 0.3) is 11.0 Å². The molecule has 0 radical (unpaired) electrons. The van der Waals surface area contributed by atoms with Crippen LogP contribution in [-0.2, 0) is 12.8 Å². The van der Waals surface area contributed by atoms with Crippen LogP contribution in [0.4, 0.5) is 5.69 Å². The second-order valence-electron chi connectivity index (χ2n) is 6.31. The molecule has 2 aromatic heterocycles. The lowest BCUT2D eigenvalue weighted by Gasteiger charge is -2.13. The quantitative estimate of drug-likeness (QED) is 0.394. The summed E-state index contributed by atoms with van der Waals surface area (Å²) in [6.45, 7) is 6.07. The number of aryl methyl sites for hydroxylation is 2. The van der Waals surface area contributed by atoms with Gasteiger partial charge in [-0.1, -0.05) is 11.8 Å². The Morgan fingerprint density at radius 2 is 2.08 bits per heavy atom. The first-order valence-corrected chi connectivity index (χ1v) is 9.77. The summed E-state index contributed by atoms with van der Waals surface area (Å²) in [5.74, 6) is 1.69. The zero-order chi connectivity index (χ0) is 18.7. The molecule has 0 spiro atoms. The monoisotopic (exact) mass is 386 g/mol. The topological polar surface area (TPSA) is 67.7 Å². The number of thiocarbonyl (C=S) groups is 1. The molecule has 2 heterocycles. The standard InChI is InChI=1S/C18H22N6S2/c1-11(2)20-17(25)22-13-5-6-15-14(9-13)23-16(24(15)4)10-26-18-19-8-7-12(3)21-18/h5-9,11H,10H2,1-4H3,(H2,20,22,25). The first-order chi connectivity index (χ1) is 12.4. The number of nitrogens with one attached hydrogen (secondary N) is 2. The van der Waals surface area contributed by atoms with Crippen molar-refractivity contribution in [2.24, 2.45) is 7.05 Å². The van der Waals surface area contributed by atoms with Crippen molar-refractivity contribution in [3.05, 3.63) is 42.0 Å². The van der Waals surface area contributed by atoms with E-state index in [1.807, 2.05) is 32.2 Å². The highest BCUT2D eigenvalue weighted by atomic mass is 32.2. The van der Waals surface area contributed by atoms with Gasteiger partial charge in [0.2, 0.25) is 0 Å². The van der Waals surface area contributed by atoms with E-state index in [9.17, 15) is 0 Å². The number of fused-ring (bicyclic) bond motifs is 1. The number of benzene rings is 1. The molecular formula is C18H22N6S2. The number of thioether (sulfide) groups is 1. The van der Waals surface area contributed by atoms with Gasteiger partial charge in [0.15, 0.2) is 10.3 Å². The van der Waals surface area contributed by atoms with Gasteiger partial charge >= 0.3 is 0 Å². The van der Waals surface area contributed by atoms with Crippen LogP contribution < -0.4 is 10.6 Å². The van der Waals surface area contributed by atoms with Crippen LogP contribution in [0, 0.1) is 6.92 Å². The van der Waals surface area contributed by atoms with E-state index < -0.39 is 0 Å². The molecule has 0 saturated carbocycles. The molecule has 0 aliphatic rings. The maximum absolute atomic E-state index is 5.31. The van der Waals surface area contributed by atoms with E-state index in [-0.39, 0.29) is 0 Å². The predicted octanol–water partition coefficient (Wildman–Crippen LogP) is 3.66. The summed E-state index contributed by atoms with van der Waals surface area (Å²) in [4.78, 5) is 13.5. The van der Waals surface area contributed by atoms with Crippen molar-refractivity contribution >= 4 is 45.8 Å². The van der Waals surface area contributed by atoms with Crippen molar-refractivity contribution in [1.29, 1.82) is 0 Å². The third-order valence-corrected chi connectivity index (χ3v) is 4.83. The fourth-order valence-electron chi connectivity index (χ4n) is 2.51. The number of nitrogens with zero attached hydrogens (tertiary/aromatic N) is 4. The molecule has 136 valence electrons. The molecule has 1 aromatic carbocycles. The van der Waals surface area contributed by atoms with E-state index in [4.69, 9.17) is 17.2 Å². The summed E-state index contributed by atoms with van der Waals surface area (Å²) < 4.78 is 2.10. The maximum Gasteiger partial charge on any atom is 0.188 e. The minimum atomic E-state index is 0.293. The number of imidazole rings is 1. The van der Waals surface area contributed by atoms with E-state index in [1.165, 1.54) is 0 Å². The van der Waals surface area contributed by atoms with Crippen LogP contribution in [0.1, 0.15) is 25.4 Å². The summed E-state index contributed by atoms with van der Waals surface area (Å²) in [6, 6.07) is 8.27. The molecule has 0 fully saturated rings. The molecule has 0 aliphatic heterocycles. The molecule has 8 heteroatoms. The van der Waals surface area contributed by atoms with Crippen molar-refractivity contribution < 1.29 is 0 Å². The van der Waals surface area contributed by atoms with Gasteiger partial charge in [0.1, 0.15) is 5.82 Å². The van der Waals surface area contributed by atoms with Crippen molar-refractivity contribution in [2.75, 3.05) is 5.32 Å². The Kier molecular flexibility index (Phi) is 5.73. The number of hydrogen-bond acceptors (Lipinski definition) is 5. The second-order valence-corrected chi connectivity index (χ2v) is 7.66. The molecule has 2 N–H and O–H groups in total. The molecule has 0 aliphatic carbocycles. The summed E-state index contributed by atoms with van der Waals surface area (Å²) in [7, 11) is 2.03. The van der Waals surface area contributed by atoms with Crippen LogP contribution in [0.15, 0.2) is 35.6 Å². The molecule has 3 rings (SSSR count). The fourth-order valence-corrected chi connectivity index (χ4v) is 3.72. The third kappa shape index (κ3) is 4.50. The van der Waals surface area contributed by atoms with Gasteiger partial charge in [0.25, 0.3) is 0 Å². The first-order valence-electron chi connectivity index (χ1n) is 8.37. The molecule has 0 amide bonds. The molecule has 26 heavy (non-hydrogen) atoms. The normalized spacial score (nSPS) is 11.1. The van der Waals surface area contributed by atoms with Gasteiger partial charge in [0, 0.05) is 30.7 Å². The van der Waals surface area contributed by atoms with Gasteiger partial charge in [-0.15, -0.1) is 0 Å². The summed E-state index contributed by atoms with van der Waals surface area (Å²) in [5.41, 5.74) is 3.91. The smallest absolute Gasteiger partial charge is 0.188 e. The van der Waals surface area contributed by atoms with Crippen molar-refractivity contribution in [3.63, 3.8) is 0 Å². The minimum absolute atomic E-state index is 0.293. The molecular weight excluding hydrogens is 364 g/mol. The van der Waals surface area contributed by atoms with Gasteiger partial charge in [-0.3, -0.25) is 0 Å². The molecule has 0 unspecified atom stereocenters. The van der Waals surface area contributed by atoms with Crippen LogP contribution in [-0.4, -0.2) is 30.7 Å².